The fourth-order valence-electron chi connectivity index (χ4n) is 3.58. The Kier molecular flexibility index (Phi) is 8.02. The quantitative estimate of drug-likeness (QED) is 0.475. The molecule has 0 spiro atoms. The van der Waals surface area contributed by atoms with E-state index in [0.717, 1.165) is 6.07 Å². The molecule has 0 aliphatic rings. The largest absolute Gasteiger partial charge is 0.324 e. The molecular formula is C25H26FN5O4S. The van der Waals surface area contributed by atoms with Crippen LogP contribution in [-0.2, 0) is 14.8 Å². The van der Waals surface area contributed by atoms with Crippen LogP contribution in [0.5, 0.6) is 0 Å². The molecular weight excluding hydrogens is 485 g/mol. The number of aromatic nitrogens is 2. The van der Waals surface area contributed by atoms with E-state index in [2.05, 4.69) is 15.0 Å². The van der Waals surface area contributed by atoms with E-state index in [9.17, 15) is 27.7 Å². The highest BCUT2D eigenvalue weighted by atomic mass is 32.2. The van der Waals surface area contributed by atoms with Crippen LogP contribution in [0.4, 0.5) is 10.1 Å². The van der Waals surface area contributed by atoms with Crippen LogP contribution in [0.2, 0.25) is 0 Å². The van der Waals surface area contributed by atoms with Crippen LogP contribution in [0.25, 0.3) is 11.1 Å². The zero-order valence-electron chi connectivity index (χ0n) is 20.2. The normalized spacial score (nSPS) is 11.5. The van der Waals surface area contributed by atoms with E-state index in [-0.39, 0.29) is 28.1 Å². The van der Waals surface area contributed by atoms with Crippen LogP contribution in [0.15, 0.2) is 58.5 Å². The average molecular weight is 512 g/mol. The van der Waals surface area contributed by atoms with Gasteiger partial charge in [-0.2, -0.15) is 5.26 Å². The second-order valence-corrected chi connectivity index (χ2v) is 10.5. The van der Waals surface area contributed by atoms with Gasteiger partial charge in [0.25, 0.3) is 5.56 Å². The molecule has 0 fully saturated rings. The number of nitriles is 1. The third kappa shape index (κ3) is 6.02. The first kappa shape index (κ1) is 26.7. The lowest BCUT2D eigenvalue weighted by Gasteiger charge is -2.19. The molecule has 0 unspecified atom stereocenters. The molecule has 0 aliphatic carbocycles. The van der Waals surface area contributed by atoms with Crippen LogP contribution >= 0.6 is 0 Å². The number of sulfonamides is 1. The molecule has 3 aromatic rings. The monoisotopic (exact) mass is 511 g/mol. The van der Waals surface area contributed by atoms with Gasteiger partial charge in [-0.3, -0.25) is 9.59 Å². The predicted molar refractivity (Wildman–Crippen MR) is 133 cm³/mol. The number of hydrogen-bond acceptors (Lipinski definition) is 6. The highest BCUT2D eigenvalue weighted by Crippen LogP contribution is 2.36. The van der Waals surface area contributed by atoms with E-state index in [0.29, 0.717) is 22.4 Å². The highest BCUT2D eigenvalue weighted by Gasteiger charge is 2.21. The van der Waals surface area contributed by atoms with Crippen molar-refractivity contribution in [3.8, 4) is 17.2 Å². The summed E-state index contributed by atoms with van der Waals surface area (Å²) in [7, 11) is -4.10. The number of hydrogen-bond donors (Lipinski definition) is 2. The van der Waals surface area contributed by atoms with Gasteiger partial charge in [-0.1, -0.05) is 13.8 Å². The maximum atomic E-state index is 14.5. The van der Waals surface area contributed by atoms with Crippen LogP contribution in [0, 0.1) is 17.1 Å². The van der Waals surface area contributed by atoms with Gasteiger partial charge < -0.3 is 9.88 Å². The number of anilines is 1. The number of carbonyl (C=O) groups is 1. The van der Waals surface area contributed by atoms with Gasteiger partial charge in [0.2, 0.25) is 15.9 Å². The summed E-state index contributed by atoms with van der Waals surface area (Å²) in [6.07, 6.45) is 2.63. The number of nitrogens with zero attached hydrogens (tertiary/aromatic N) is 3. The molecule has 0 saturated carbocycles. The molecule has 188 valence electrons. The molecule has 2 heterocycles. The Morgan fingerprint density at radius 1 is 1.17 bits per heavy atom. The Hall–Kier alpha value is -3.88. The first-order valence-electron chi connectivity index (χ1n) is 11.1. The Labute approximate surface area is 208 Å². The molecule has 1 aromatic carbocycles. The van der Waals surface area contributed by atoms with E-state index < -0.39 is 28.3 Å². The maximum absolute atomic E-state index is 14.5. The second-order valence-electron chi connectivity index (χ2n) is 8.69. The minimum absolute atomic E-state index is 0.121. The first-order chi connectivity index (χ1) is 16.9. The summed E-state index contributed by atoms with van der Waals surface area (Å²) in [4.78, 5) is 28.5. The van der Waals surface area contributed by atoms with Gasteiger partial charge in [0, 0.05) is 30.1 Å². The number of benzene rings is 1. The fourth-order valence-corrected chi connectivity index (χ4v) is 4.57. The van der Waals surface area contributed by atoms with Crippen molar-refractivity contribution in [3.05, 3.63) is 76.2 Å². The summed E-state index contributed by atoms with van der Waals surface area (Å²) in [5.74, 6) is -1.39. The van der Waals surface area contributed by atoms with Crippen molar-refractivity contribution in [1.82, 2.24) is 14.3 Å². The number of carbonyl (C=O) groups excluding carboxylic acids is 1. The summed E-state index contributed by atoms with van der Waals surface area (Å²) in [5.41, 5.74) is 1.38. The van der Waals surface area contributed by atoms with E-state index in [1.807, 2.05) is 19.9 Å². The fraction of sp³-hybridized carbons (Fsp3) is 0.280. The SMILES string of the molecule is CC(C)c1cc(F)cc(-c2ccnc(C#N)c2)c1NC(=O)CNS(=O)(=O)c1ccc(=O)n(C(C)C)c1. The molecule has 0 radical (unpaired) electrons. The first-order valence-corrected chi connectivity index (χ1v) is 12.6. The van der Waals surface area contributed by atoms with Crippen LogP contribution in [0.3, 0.4) is 0 Å². The lowest BCUT2D eigenvalue weighted by Crippen LogP contribution is -2.34. The lowest BCUT2D eigenvalue weighted by atomic mass is 9.94. The number of pyridine rings is 2. The van der Waals surface area contributed by atoms with Crippen molar-refractivity contribution < 1.29 is 17.6 Å². The third-order valence-electron chi connectivity index (χ3n) is 5.41. The van der Waals surface area contributed by atoms with Crippen molar-refractivity contribution in [1.29, 1.82) is 5.26 Å². The van der Waals surface area contributed by atoms with Crippen LogP contribution in [0.1, 0.15) is 50.9 Å². The van der Waals surface area contributed by atoms with E-state index in [4.69, 9.17) is 0 Å². The number of nitrogens with one attached hydrogen (secondary N) is 2. The summed E-state index contributed by atoms with van der Waals surface area (Å²) in [6, 6.07) is 9.59. The van der Waals surface area contributed by atoms with Crippen molar-refractivity contribution in [2.75, 3.05) is 11.9 Å². The molecule has 0 bridgehead atoms. The third-order valence-corrected chi connectivity index (χ3v) is 6.79. The predicted octanol–water partition coefficient (Wildman–Crippen LogP) is 3.54. The second kappa shape index (κ2) is 10.8. The molecule has 11 heteroatoms. The van der Waals surface area contributed by atoms with Gasteiger partial charge in [-0.15, -0.1) is 0 Å². The van der Waals surface area contributed by atoms with Gasteiger partial charge in [0.15, 0.2) is 0 Å². The highest BCUT2D eigenvalue weighted by molar-refractivity contribution is 7.89. The van der Waals surface area contributed by atoms with Gasteiger partial charge in [-0.25, -0.2) is 22.5 Å². The molecule has 36 heavy (non-hydrogen) atoms. The van der Waals surface area contributed by atoms with Crippen molar-refractivity contribution in [3.63, 3.8) is 0 Å². The summed E-state index contributed by atoms with van der Waals surface area (Å²) in [6.45, 7) is 6.54. The number of halogens is 1. The molecule has 0 saturated heterocycles. The summed E-state index contributed by atoms with van der Waals surface area (Å²) < 4.78 is 43.5. The summed E-state index contributed by atoms with van der Waals surface area (Å²) >= 11 is 0. The van der Waals surface area contributed by atoms with Crippen molar-refractivity contribution in [2.45, 2.75) is 44.6 Å². The Morgan fingerprint density at radius 2 is 1.89 bits per heavy atom. The van der Waals surface area contributed by atoms with Gasteiger partial charge in [0.1, 0.15) is 17.6 Å². The number of amides is 1. The number of rotatable bonds is 8. The molecule has 2 N–H and O–H groups in total. The zero-order chi connectivity index (χ0) is 26.6. The molecule has 0 atom stereocenters. The molecule has 1 amide bonds. The van der Waals surface area contributed by atoms with Crippen molar-refractivity contribution in [2.24, 2.45) is 0 Å². The van der Waals surface area contributed by atoms with Crippen LogP contribution in [-0.4, -0.2) is 30.4 Å². The molecule has 3 rings (SSSR count). The molecule has 9 nitrogen and oxygen atoms in total. The average Bonchev–Trinajstić information content (AvgIpc) is 2.83. The van der Waals surface area contributed by atoms with E-state index in [1.54, 1.807) is 19.9 Å². The minimum atomic E-state index is -4.10. The maximum Gasteiger partial charge on any atom is 0.250 e. The Morgan fingerprint density at radius 3 is 2.53 bits per heavy atom. The van der Waals surface area contributed by atoms with Gasteiger partial charge >= 0.3 is 0 Å². The zero-order valence-corrected chi connectivity index (χ0v) is 21.1. The van der Waals surface area contributed by atoms with Crippen LogP contribution < -0.4 is 15.6 Å². The van der Waals surface area contributed by atoms with Gasteiger partial charge in [0.05, 0.1) is 17.1 Å². The van der Waals surface area contributed by atoms with E-state index >= 15 is 0 Å². The smallest absolute Gasteiger partial charge is 0.250 e. The molecule has 2 aromatic heterocycles. The Balaban J connectivity index is 1.91. The Bertz CT molecular complexity index is 1510. The minimum Gasteiger partial charge on any atom is -0.324 e. The van der Waals surface area contributed by atoms with Gasteiger partial charge in [-0.05, 0) is 61.2 Å². The van der Waals surface area contributed by atoms with E-state index in [1.165, 1.54) is 41.2 Å². The summed E-state index contributed by atoms with van der Waals surface area (Å²) in [5, 5.41) is 11.9. The van der Waals surface area contributed by atoms with Crippen molar-refractivity contribution >= 4 is 21.6 Å². The standard InChI is InChI=1S/C25H26FN5O4S/c1-15(2)21-10-18(26)11-22(17-7-8-28-19(9-17)12-27)25(21)30-23(32)13-29-36(34,35)20-5-6-24(33)31(14-20)16(3)4/h5-11,14-16,29H,13H2,1-4H3,(H,30,32). The lowest BCUT2D eigenvalue weighted by molar-refractivity contribution is -0.115. The molecule has 0 aliphatic heterocycles. The topological polar surface area (TPSA) is 134 Å².